The van der Waals surface area contributed by atoms with Crippen LogP contribution in [0.25, 0.3) is 11.3 Å². The molecular formula is C24H23F3N4O3S. The number of sulfonamides is 1. The van der Waals surface area contributed by atoms with E-state index in [1.165, 1.54) is 28.8 Å². The van der Waals surface area contributed by atoms with Gasteiger partial charge in [-0.1, -0.05) is 24.3 Å². The molecule has 1 aromatic heterocycles. The van der Waals surface area contributed by atoms with Crippen LogP contribution in [0.5, 0.6) is 0 Å². The van der Waals surface area contributed by atoms with Crippen molar-refractivity contribution in [3.63, 3.8) is 0 Å². The van der Waals surface area contributed by atoms with Crippen molar-refractivity contribution in [3.8, 4) is 11.3 Å². The van der Waals surface area contributed by atoms with Gasteiger partial charge in [0.1, 0.15) is 12.4 Å². The lowest BCUT2D eigenvalue weighted by molar-refractivity contribution is -0.137. The zero-order chi connectivity index (χ0) is 25.2. The number of amides is 1. The van der Waals surface area contributed by atoms with Gasteiger partial charge in [-0.25, -0.2) is 18.4 Å². The molecule has 1 saturated heterocycles. The van der Waals surface area contributed by atoms with E-state index in [-0.39, 0.29) is 18.0 Å². The summed E-state index contributed by atoms with van der Waals surface area (Å²) in [6, 6.07) is 11.9. The quantitative estimate of drug-likeness (QED) is 0.549. The molecule has 0 bridgehead atoms. The molecular weight excluding hydrogens is 481 g/mol. The lowest BCUT2D eigenvalue weighted by atomic mass is 10.1. The second-order valence-electron chi connectivity index (χ2n) is 8.28. The largest absolute Gasteiger partial charge is 0.416 e. The summed E-state index contributed by atoms with van der Waals surface area (Å²) in [5, 5.41) is 2.73. The molecule has 7 nitrogen and oxygen atoms in total. The van der Waals surface area contributed by atoms with Gasteiger partial charge in [-0.2, -0.15) is 17.5 Å². The van der Waals surface area contributed by atoms with Crippen molar-refractivity contribution < 1.29 is 26.4 Å². The third-order valence-electron chi connectivity index (χ3n) is 5.78. The average molecular weight is 505 g/mol. The van der Waals surface area contributed by atoms with E-state index in [2.05, 4.69) is 15.3 Å². The summed E-state index contributed by atoms with van der Waals surface area (Å²) in [6.45, 7) is 2.07. The molecule has 35 heavy (non-hydrogen) atoms. The van der Waals surface area contributed by atoms with Crippen molar-refractivity contribution in [2.75, 3.05) is 6.54 Å². The molecule has 4 rings (SSSR count). The van der Waals surface area contributed by atoms with Crippen molar-refractivity contribution in [2.45, 2.75) is 43.4 Å². The Hall–Kier alpha value is -3.31. The SMILES string of the molecule is Cc1cccc(S(=O)(=O)N2CCC[C@H]2C(=O)NCc2cc(-c3ccc(C(F)(F)F)cc3)ncn2)c1. The van der Waals surface area contributed by atoms with Gasteiger partial charge >= 0.3 is 6.18 Å². The number of hydrogen-bond donors (Lipinski definition) is 1. The van der Waals surface area contributed by atoms with Crippen LogP contribution in [-0.2, 0) is 27.5 Å². The molecule has 3 aromatic rings. The Kier molecular flexibility index (Phi) is 6.91. The summed E-state index contributed by atoms with van der Waals surface area (Å²) in [4.78, 5) is 21.2. The normalized spacial score (nSPS) is 16.9. The molecule has 1 amide bonds. The first-order valence-electron chi connectivity index (χ1n) is 10.9. The van der Waals surface area contributed by atoms with Crippen molar-refractivity contribution in [1.82, 2.24) is 19.6 Å². The second kappa shape index (κ2) is 9.74. The molecule has 0 aliphatic carbocycles. The maximum absolute atomic E-state index is 13.1. The van der Waals surface area contributed by atoms with E-state index in [9.17, 15) is 26.4 Å². The van der Waals surface area contributed by atoms with Crippen LogP contribution >= 0.6 is 0 Å². The van der Waals surface area contributed by atoms with Crippen molar-refractivity contribution in [3.05, 3.63) is 77.7 Å². The maximum Gasteiger partial charge on any atom is 0.416 e. The van der Waals surface area contributed by atoms with E-state index in [0.29, 0.717) is 29.8 Å². The number of alkyl halides is 3. The maximum atomic E-state index is 13.1. The van der Waals surface area contributed by atoms with E-state index < -0.39 is 33.7 Å². The Morgan fingerprint density at radius 1 is 1.11 bits per heavy atom. The van der Waals surface area contributed by atoms with Gasteiger partial charge in [0, 0.05) is 12.1 Å². The Morgan fingerprint density at radius 3 is 2.54 bits per heavy atom. The number of nitrogens with one attached hydrogen (secondary N) is 1. The number of hydrogen-bond acceptors (Lipinski definition) is 5. The first-order valence-corrected chi connectivity index (χ1v) is 12.3. The number of aryl methyl sites for hydroxylation is 1. The van der Waals surface area contributed by atoms with Crippen LogP contribution in [0.2, 0.25) is 0 Å². The minimum atomic E-state index is -4.43. The van der Waals surface area contributed by atoms with E-state index in [0.717, 1.165) is 17.7 Å². The smallest absolute Gasteiger partial charge is 0.349 e. The number of carbonyl (C=O) groups is 1. The molecule has 0 spiro atoms. The summed E-state index contributed by atoms with van der Waals surface area (Å²) in [5.41, 5.74) is 1.36. The van der Waals surface area contributed by atoms with Crippen LogP contribution in [0, 0.1) is 6.92 Å². The predicted octanol–water partition coefficient (Wildman–Crippen LogP) is 3.94. The number of nitrogens with zero attached hydrogens (tertiary/aromatic N) is 3. The second-order valence-corrected chi connectivity index (χ2v) is 10.2. The molecule has 0 radical (unpaired) electrons. The lowest BCUT2D eigenvalue weighted by Crippen LogP contribution is -2.45. The highest BCUT2D eigenvalue weighted by Gasteiger charge is 2.39. The molecule has 0 saturated carbocycles. The van der Waals surface area contributed by atoms with Gasteiger partial charge in [-0.05, 0) is 55.7 Å². The number of benzene rings is 2. The average Bonchev–Trinajstić information content (AvgIpc) is 3.33. The van der Waals surface area contributed by atoms with Crippen LogP contribution in [0.15, 0.2) is 65.8 Å². The first-order chi connectivity index (χ1) is 16.6. The molecule has 1 N–H and O–H groups in total. The van der Waals surface area contributed by atoms with Gasteiger partial charge in [0.15, 0.2) is 0 Å². The minimum absolute atomic E-state index is 0.0177. The van der Waals surface area contributed by atoms with E-state index >= 15 is 0 Å². The lowest BCUT2D eigenvalue weighted by Gasteiger charge is -2.23. The fourth-order valence-corrected chi connectivity index (χ4v) is 5.74. The van der Waals surface area contributed by atoms with Crippen LogP contribution < -0.4 is 5.32 Å². The molecule has 0 unspecified atom stereocenters. The van der Waals surface area contributed by atoms with Gasteiger partial charge in [0.25, 0.3) is 0 Å². The number of carbonyl (C=O) groups excluding carboxylic acids is 1. The van der Waals surface area contributed by atoms with Gasteiger partial charge in [0.05, 0.1) is 28.4 Å². The van der Waals surface area contributed by atoms with Crippen molar-refractivity contribution >= 4 is 15.9 Å². The fourth-order valence-electron chi connectivity index (χ4n) is 3.98. The molecule has 1 atom stereocenters. The van der Waals surface area contributed by atoms with Crippen molar-refractivity contribution in [1.29, 1.82) is 0 Å². The van der Waals surface area contributed by atoms with Gasteiger partial charge in [-0.3, -0.25) is 4.79 Å². The summed E-state index contributed by atoms with van der Waals surface area (Å²) >= 11 is 0. The highest BCUT2D eigenvalue weighted by Crippen LogP contribution is 2.31. The van der Waals surface area contributed by atoms with Gasteiger partial charge < -0.3 is 5.32 Å². The van der Waals surface area contributed by atoms with Crippen LogP contribution in [-0.4, -0.2) is 41.2 Å². The van der Waals surface area contributed by atoms with E-state index in [1.807, 2.05) is 0 Å². The zero-order valence-corrected chi connectivity index (χ0v) is 19.6. The van der Waals surface area contributed by atoms with Crippen LogP contribution in [0.4, 0.5) is 13.2 Å². The fraction of sp³-hybridized carbons (Fsp3) is 0.292. The Morgan fingerprint density at radius 2 is 1.86 bits per heavy atom. The van der Waals surface area contributed by atoms with Crippen LogP contribution in [0.3, 0.4) is 0 Å². The zero-order valence-electron chi connectivity index (χ0n) is 18.8. The molecule has 1 aliphatic heterocycles. The summed E-state index contributed by atoms with van der Waals surface area (Å²) in [7, 11) is -3.83. The Balaban J connectivity index is 1.45. The predicted molar refractivity (Wildman–Crippen MR) is 122 cm³/mol. The highest BCUT2D eigenvalue weighted by molar-refractivity contribution is 7.89. The Labute approximate surface area is 201 Å². The third-order valence-corrected chi connectivity index (χ3v) is 7.68. The summed E-state index contributed by atoms with van der Waals surface area (Å²) in [5.74, 6) is -0.437. The molecule has 2 aromatic carbocycles. The number of aromatic nitrogens is 2. The molecule has 1 aliphatic rings. The van der Waals surface area contributed by atoms with Gasteiger partial charge in [-0.15, -0.1) is 0 Å². The first kappa shape index (κ1) is 24.8. The van der Waals surface area contributed by atoms with Gasteiger partial charge in [0.2, 0.25) is 15.9 Å². The van der Waals surface area contributed by atoms with E-state index in [4.69, 9.17) is 0 Å². The molecule has 11 heteroatoms. The highest BCUT2D eigenvalue weighted by atomic mass is 32.2. The number of halogens is 3. The topological polar surface area (TPSA) is 92.3 Å². The minimum Gasteiger partial charge on any atom is -0.349 e. The molecule has 2 heterocycles. The molecule has 184 valence electrons. The van der Waals surface area contributed by atoms with E-state index in [1.54, 1.807) is 31.2 Å². The third kappa shape index (κ3) is 5.51. The van der Waals surface area contributed by atoms with Crippen LogP contribution in [0.1, 0.15) is 29.7 Å². The Bertz CT molecular complexity index is 1330. The molecule has 1 fully saturated rings. The summed E-state index contributed by atoms with van der Waals surface area (Å²) < 4.78 is 65.9. The summed E-state index contributed by atoms with van der Waals surface area (Å²) in [6.07, 6.45) is -2.20. The monoisotopic (exact) mass is 504 g/mol. The van der Waals surface area contributed by atoms with Crippen molar-refractivity contribution in [2.24, 2.45) is 0 Å². The number of rotatable bonds is 6. The standard InChI is InChI=1S/C24H23F3N4O3S/c1-16-4-2-5-20(12-16)35(33,34)31-11-3-6-22(31)23(32)28-14-19-13-21(30-15-29-19)17-7-9-18(10-8-17)24(25,26)27/h2,4-5,7-10,12-13,15,22H,3,6,11,14H2,1H3,(H,28,32)/t22-/m0/s1.